The molecule has 5 nitrogen and oxygen atoms in total. The quantitative estimate of drug-likeness (QED) is 0.880. The summed E-state index contributed by atoms with van der Waals surface area (Å²) in [6.07, 6.45) is 5.41. The highest BCUT2D eigenvalue weighted by molar-refractivity contribution is 5.72. The van der Waals surface area contributed by atoms with E-state index in [1.165, 1.54) is 10.7 Å². The molecule has 0 saturated carbocycles. The van der Waals surface area contributed by atoms with Gasteiger partial charge in [0.15, 0.2) is 0 Å². The predicted octanol–water partition coefficient (Wildman–Crippen LogP) is 2.39. The second-order valence-electron chi connectivity index (χ2n) is 5.70. The predicted molar refractivity (Wildman–Crippen MR) is 83.8 cm³/mol. The van der Waals surface area contributed by atoms with E-state index in [2.05, 4.69) is 10.00 Å². The summed E-state index contributed by atoms with van der Waals surface area (Å²) in [4.78, 5) is 13.2. The number of nitrogens with zero attached hydrogens (tertiary/aromatic N) is 3. The molecule has 0 bridgehead atoms. The third kappa shape index (κ3) is 3.32. The van der Waals surface area contributed by atoms with E-state index in [9.17, 15) is 9.18 Å². The molecule has 0 spiro atoms. The number of hydrogen-bond donors (Lipinski definition) is 1. The number of carboxylic acids is 1. The largest absolute Gasteiger partial charge is 0.481 e. The molecule has 6 heteroatoms. The first-order valence-electron chi connectivity index (χ1n) is 7.46. The van der Waals surface area contributed by atoms with E-state index in [1.807, 2.05) is 19.2 Å². The van der Waals surface area contributed by atoms with Crippen LogP contribution in [-0.4, -0.2) is 38.8 Å². The molecule has 0 radical (unpaired) electrons. The lowest BCUT2D eigenvalue weighted by atomic mass is 10.0. The molecule has 0 fully saturated rings. The summed E-state index contributed by atoms with van der Waals surface area (Å²) in [5.74, 6) is -1.62. The van der Waals surface area contributed by atoms with Gasteiger partial charge in [-0.3, -0.25) is 9.69 Å². The van der Waals surface area contributed by atoms with Crippen molar-refractivity contribution in [2.45, 2.75) is 13.5 Å². The Kier molecular flexibility index (Phi) is 4.25. The molecule has 0 aliphatic carbocycles. The minimum absolute atomic E-state index is 0.326. The normalized spacial score (nSPS) is 18.3. The summed E-state index contributed by atoms with van der Waals surface area (Å²) in [6.45, 7) is 3.64. The summed E-state index contributed by atoms with van der Waals surface area (Å²) in [6, 6.07) is 6.48. The second-order valence-corrected chi connectivity index (χ2v) is 5.70. The van der Waals surface area contributed by atoms with Gasteiger partial charge in [-0.1, -0.05) is 24.3 Å². The molecular formula is C17H18FN3O2. The molecule has 0 amide bonds. The molecule has 1 aliphatic heterocycles. The zero-order valence-electron chi connectivity index (χ0n) is 12.8. The average Bonchev–Trinajstić information content (AvgIpc) is 2.89. The Morgan fingerprint density at radius 1 is 1.43 bits per heavy atom. The van der Waals surface area contributed by atoms with Crippen molar-refractivity contribution in [1.82, 2.24) is 14.7 Å². The first-order chi connectivity index (χ1) is 11.0. The van der Waals surface area contributed by atoms with Crippen LogP contribution < -0.4 is 0 Å². The molecule has 1 aromatic heterocycles. The van der Waals surface area contributed by atoms with E-state index < -0.39 is 11.9 Å². The van der Waals surface area contributed by atoms with Crippen LogP contribution in [0, 0.1) is 18.7 Å². The Labute approximate surface area is 133 Å². The maximum absolute atomic E-state index is 13.9. The Bertz CT molecular complexity index is 754. The number of aryl methyl sites for hydroxylation is 1. The maximum Gasteiger partial charge on any atom is 0.311 e. The van der Waals surface area contributed by atoms with Gasteiger partial charge < -0.3 is 5.11 Å². The molecule has 120 valence electrons. The Hall–Kier alpha value is -2.47. The van der Waals surface area contributed by atoms with Gasteiger partial charge in [0.1, 0.15) is 11.5 Å². The summed E-state index contributed by atoms with van der Waals surface area (Å²) in [5.41, 5.74) is 2.19. The zero-order chi connectivity index (χ0) is 16.4. The number of carbonyl (C=O) groups is 1. The SMILES string of the molecule is Cc1nn(-c2ccccc2F)cc1CN1CC=CC(C(=O)O)C1. The van der Waals surface area contributed by atoms with Gasteiger partial charge in [-0.05, 0) is 19.1 Å². The van der Waals surface area contributed by atoms with Gasteiger partial charge in [-0.15, -0.1) is 0 Å². The Balaban J connectivity index is 1.79. The topological polar surface area (TPSA) is 58.4 Å². The van der Waals surface area contributed by atoms with E-state index in [-0.39, 0.29) is 5.82 Å². The fourth-order valence-corrected chi connectivity index (χ4v) is 2.73. The van der Waals surface area contributed by atoms with Crippen LogP contribution in [0.25, 0.3) is 5.69 Å². The Morgan fingerprint density at radius 3 is 2.96 bits per heavy atom. The van der Waals surface area contributed by atoms with E-state index in [1.54, 1.807) is 24.3 Å². The molecular weight excluding hydrogens is 297 g/mol. The van der Waals surface area contributed by atoms with Crippen LogP contribution in [-0.2, 0) is 11.3 Å². The van der Waals surface area contributed by atoms with Gasteiger partial charge >= 0.3 is 5.97 Å². The van der Waals surface area contributed by atoms with Crippen molar-refractivity contribution in [3.8, 4) is 5.69 Å². The lowest BCUT2D eigenvalue weighted by Gasteiger charge is -2.26. The number of hydrogen-bond acceptors (Lipinski definition) is 3. The molecule has 0 saturated heterocycles. The van der Waals surface area contributed by atoms with Crippen molar-refractivity contribution in [2.24, 2.45) is 5.92 Å². The highest BCUT2D eigenvalue weighted by Crippen LogP contribution is 2.18. The number of halogens is 1. The maximum atomic E-state index is 13.9. The number of benzene rings is 1. The van der Waals surface area contributed by atoms with Crippen LogP contribution >= 0.6 is 0 Å². The van der Waals surface area contributed by atoms with Crippen molar-refractivity contribution in [2.75, 3.05) is 13.1 Å². The summed E-state index contributed by atoms with van der Waals surface area (Å²) in [5, 5.41) is 13.5. The van der Waals surface area contributed by atoms with Crippen LogP contribution in [0.4, 0.5) is 4.39 Å². The minimum atomic E-state index is -0.815. The fraction of sp³-hybridized carbons (Fsp3) is 0.294. The third-order valence-electron chi connectivity index (χ3n) is 4.00. The summed E-state index contributed by atoms with van der Waals surface area (Å²) < 4.78 is 15.4. The van der Waals surface area contributed by atoms with Crippen LogP contribution in [0.1, 0.15) is 11.3 Å². The molecule has 1 N–H and O–H groups in total. The minimum Gasteiger partial charge on any atom is -0.481 e. The number of aromatic nitrogens is 2. The standard InChI is InChI=1S/C17H18FN3O2/c1-12-14(10-20-8-4-5-13(9-20)17(22)23)11-21(19-12)16-7-3-2-6-15(16)18/h2-7,11,13H,8-10H2,1H3,(H,22,23). The first-order valence-corrected chi connectivity index (χ1v) is 7.46. The van der Waals surface area contributed by atoms with Gasteiger partial charge in [0.2, 0.25) is 0 Å². The van der Waals surface area contributed by atoms with Crippen molar-refractivity contribution < 1.29 is 14.3 Å². The molecule has 1 aromatic carbocycles. The summed E-state index contributed by atoms with van der Waals surface area (Å²) >= 11 is 0. The summed E-state index contributed by atoms with van der Waals surface area (Å²) in [7, 11) is 0. The number of rotatable bonds is 4. The Morgan fingerprint density at radius 2 is 2.22 bits per heavy atom. The average molecular weight is 315 g/mol. The highest BCUT2D eigenvalue weighted by Gasteiger charge is 2.22. The van der Waals surface area contributed by atoms with Crippen molar-refractivity contribution in [3.05, 3.63) is 59.7 Å². The first kappa shape index (κ1) is 15.4. The lowest BCUT2D eigenvalue weighted by molar-refractivity contribution is -0.140. The highest BCUT2D eigenvalue weighted by atomic mass is 19.1. The van der Waals surface area contributed by atoms with Gasteiger partial charge in [0.25, 0.3) is 0 Å². The molecule has 3 rings (SSSR count). The van der Waals surface area contributed by atoms with E-state index >= 15 is 0 Å². The van der Waals surface area contributed by atoms with Gasteiger partial charge in [0.05, 0.1) is 11.6 Å². The van der Waals surface area contributed by atoms with Crippen LogP contribution in [0.2, 0.25) is 0 Å². The van der Waals surface area contributed by atoms with Gasteiger partial charge in [-0.25, -0.2) is 9.07 Å². The number of para-hydroxylation sites is 1. The van der Waals surface area contributed by atoms with Crippen molar-refractivity contribution in [1.29, 1.82) is 0 Å². The van der Waals surface area contributed by atoms with Crippen LogP contribution in [0.3, 0.4) is 0 Å². The van der Waals surface area contributed by atoms with Gasteiger partial charge in [0, 0.05) is 31.4 Å². The molecule has 1 aliphatic rings. The second kappa shape index (κ2) is 6.34. The molecule has 1 unspecified atom stereocenters. The number of carboxylic acid groups (broad SMARTS) is 1. The van der Waals surface area contributed by atoms with Crippen molar-refractivity contribution >= 4 is 5.97 Å². The van der Waals surface area contributed by atoms with E-state index in [0.29, 0.717) is 25.3 Å². The molecule has 2 heterocycles. The van der Waals surface area contributed by atoms with Crippen LogP contribution in [0.5, 0.6) is 0 Å². The monoisotopic (exact) mass is 315 g/mol. The van der Waals surface area contributed by atoms with E-state index in [4.69, 9.17) is 5.11 Å². The molecule has 2 aromatic rings. The smallest absolute Gasteiger partial charge is 0.311 e. The van der Waals surface area contributed by atoms with Crippen LogP contribution in [0.15, 0.2) is 42.6 Å². The van der Waals surface area contributed by atoms with Crippen molar-refractivity contribution in [3.63, 3.8) is 0 Å². The molecule has 1 atom stereocenters. The molecule has 23 heavy (non-hydrogen) atoms. The fourth-order valence-electron chi connectivity index (χ4n) is 2.73. The third-order valence-corrected chi connectivity index (χ3v) is 4.00. The number of aliphatic carboxylic acids is 1. The lowest BCUT2D eigenvalue weighted by Crippen LogP contribution is -2.35. The van der Waals surface area contributed by atoms with Gasteiger partial charge in [-0.2, -0.15) is 5.10 Å². The zero-order valence-corrected chi connectivity index (χ0v) is 12.8. The van der Waals surface area contributed by atoms with E-state index in [0.717, 1.165) is 11.3 Å².